The second-order valence-corrected chi connectivity index (χ2v) is 7.41. The molecule has 29 heavy (non-hydrogen) atoms. The zero-order valence-corrected chi connectivity index (χ0v) is 16.5. The first kappa shape index (κ1) is 19.3. The largest absolute Gasteiger partial charge is 0.485 e. The molecule has 0 radical (unpaired) electrons. The molecule has 3 aromatic rings. The Morgan fingerprint density at radius 3 is 2.52 bits per heavy atom. The van der Waals surface area contributed by atoms with E-state index in [1.54, 1.807) is 12.4 Å². The van der Waals surface area contributed by atoms with Gasteiger partial charge in [-0.15, -0.1) is 0 Å². The molecule has 4 rings (SSSR count). The number of rotatable bonds is 8. The lowest BCUT2D eigenvalue weighted by Crippen LogP contribution is -2.23. The second kappa shape index (κ2) is 9.47. The molecule has 1 aromatic carbocycles. The summed E-state index contributed by atoms with van der Waals surface area (Å²) in [7, 11) is 0. The van der Waals surface area contributed by atoms with Crippen molar-refractivity contribution in [3.05, 3.63) is 88.1 Å². The van der Waals surface area contributed by atoms with Gasteiger partial charge in [0, 0.05) is 25.4 Å². The van der Waals surface area contributed by atoms with Crippen LogP contribution >= 0.6 is 0 Å². The van der Waals surface area contributed by atoms with Crippen LogP contribution in [0.25, 0.3) is 0 Å². The molecule has 0 saturated carbocycles. The fourth-order valence-corrected chi connectivity index (χ4v) is 3.55. The van der Waals surface area contributed by atoms with E-state index in [1.807, 2.05) is 18.2 Å². The van der Waals surface area contributed by atoms with Crippen molar-refractivity contribution in [2.45, 2.75) is 39.0 Å². The number of nitrogens with zero attached hydrogens (tertiary/aromatic N) is 4. The summed E-state index contributed by atoms with van der Waals surface area (Å²) in [5, 5.41) is 4.24. The van der Waals surface area contributed by atoms with Crippen molar-refractivity contribution in [1.82, 2.24) is 19.7 Å². The van der Waals surface area contributed by atoms with Crippen molar-refractivity contribution in [3.8, 4) is 5.75 Å². The summed E-state index contributed by atoms with van der Waals surface area (Å²) in [6.45, 7) is 4.30. The number of benzene rings is 1. The monoisotopic (exact) mass is 390 g/mol. The average Bonchev–Trinajstić information content (AvgIpc) is 3.26. The third-order valence-electron chi connectivity index (χ3n) is 5.20. The van der Waals surface area contributed by atoms with E-state index in [-0.39, 0.29) is 5.56 Å². The molecule has 2 aromatic heterocycles. The molecular formula is C23H26N4O2. The molecule has 0 bridgehead atoms. The molecule has 3 heterocycles. The van der Waals surface area contributed by atoms with Gasteiger partial charge in [-0.3, -0.25) is 14.7 Å². The van der Waals surface area contributed by atoms with Crippen molar-refractivity contribution in [2.24, 2.45) is 0 Å². The predicted octanol–water partition coefficient (Wildman–Crippen LogP) is 3.06. The third kappa shape index (κ3) is 5.51. The number of aromatic nitrogens is 3. The SMILES string of the molecule is O=c1cc(OCc2ccccn2)cnn1CCc1ccc(CN2CCCC2)cc1. The normalized spacial score (nSPS) is 14.2. The van der Waals surface area contributed by atoms with E-state index >= 15 is 0 Å². The Hall–Kier alpha value is -2.99. The van der Waals surface area contributed by atoms with Gasteiger partial charge in [0.25, 0.3) is 5.56 Å². The summed E-state index contributed by atoms with van der Waals surface area (Å²) in [6, 6.07) is 15.8. The Kier molecular flexibility index (Phi) is 6.32. The molecular weight excluding hydrogens is 364 g/mol. The molecule has 6 nitrogen and oxygen atoms in total. The molecule has 6 heteroatoms. The number of hydrogen-bond acceptors (Lipinski definition) is 5. The fraction of sp³-hybridized carbons (Fsp3) is 0.348. The van der Waals surface area contributed by atoms with Crippen LogP contribution in [0, 0.1) is 0 Å². The van der Waals surface area contributed by atoms with E-state index in [4.69, 9.17) is 4.74 Å². The van der Waals surface area contributed by atoms with Gasteiger partial charge < -0.3 is 4.74 Å². The van der Waals surface area contributed by atoms with Gasteiger partial charge >= 0.3 is 0 Å². The molecule has 0 amide bonds. The van der Waals surface area contributed by atoms with Crippen LogP contribution < -0.4 is 10.3 Å². The lowest BCUT2D eigenvalue weighted by Gasteiger charge is -2.14. The first-order valence-electron chi connectivity index (χ1n) is 10.2. The van der Waals surface area contributed by atoms with Gasteiger partial charge in [0.1, 0.15) is 12.4 Å². The highest BCUT2D eigenvalue weighted by Crippen LogP contribution is 2.14. The van der Waals surface area contributed by atoms with Crippen LogP contribution in [0.2, 0.25) is 0 Å². The summed E-state index contributed by atoms with van der Waals surface area (Å²) < 4.78 is 7.09. The molecule has 1 aliphatic rings. The topological polar surface area (TPSA) is 60.2 Å². The van der Waals surface area contributed by atoms with Crippen LogP contribution in [0.1, 0.15) is 29.7 Å². The maximum Gasteiger partial charge on any atom is 0.270 e. The minimum Gasteiger partial charge on any atom is -0.485 e. The molecule has 0 spiro atoms. The molecule has 1 saturated heterocycles. The summed E-state index contributed by atoms with van der Waals surface area (Å²) >= 11 is 0. The quantitative estimate of drug-likeness (QED) is 0.592. The molecule has 150 valence electrons. The van der Waals surface area contributed by atoms with Crippen LogP contribution in [-0.4, -0.2) is 32.8 Å². The van der Waals surface area contributed by atoms with E-state index in [0.29, 0.717) is 18.9 Å². The van der Waals surface area contributed by atoms with Gasteiger partial charge in [-0.25, -0.2) is 4.68 Å². The second-order valence-electron chi connectivity index (χ2n) is 7.41. The summed E-state index contributed by atoms with van der Waals surface area (Å²) in [4.78, 5) is 19.0. The maximum absolute atomic E-state index is 12.3. The zero-order valence-electron chi connectivity index (χ0n) is 16.5. The first-order valence-corrected chi connectivity index (χ1v) is 10.2. The Morgan fingerprint density at radius 1 is 1.00 bits per heavy atom. The number of likely N-dealkylation sites (tertiary alicyclic amines) is 1. The molecule has 0 unspecified atom stereocenters. The Bertz CT molecular complexity index is 964. The Labute approximate surface area is 170 Å². The van der Waals surface area contributed by atoms with Crippen LogP contribution in [0.5, 0.6) is 5.75 Å². The Morgan fingerprint density at radius 2 is 1.79 bits per heavy atom. The highest BCUT2D eigenvalue weighted by molar-refractivity contribution is 5.23. The zero-order chi connectivity index (χ0) is 19.9. The average molecular weight is 390 g/mol. The van der Waals surface area contributed by atoms with Crippen molar-refractivity contribution < 1.29 is 4.74 Å². The highest BCUT2D eigenvalue weighted by Gasteiger charge is 2.11. The number of aryl methyl sites for hydroxylation is 2. The van der Waals surface area contributed by atoms with E-state index in [0.717, 1.165) is 18.7 Å². The molecule has 1 fully saturated rings. The van der Waals surface area contributed by atoms with Gasteiger partial charge in [-0.2, -0.15) is 5.10 Å². The number of hydrogen-bond donors (Lipinski definition) is 0. The van der Waals surface area contributed by atoms with E-state index in [1.165, 1.54) is 47.8 Å². The number of ether oxygens (including phenoxy) is 1. The fourth-order valence-electron chi connectivity index (χ4n) is 3.55. The lowest BCUT2D eigenvalue weighted by atomic mass is 10.1. The third-order valence-corrected chi connectivity index (χ3v) is 5.20. The van der Waals surface area contributed by atoms with Gasteiger partial charge in [0.2, 0.25) is 0 Å². The smallest absolute Gasteiger partial charge is 0.270 e. The van der Waals surface area contributed by atoms with Gasteiger partial charge in [-0.1, -0.05) is 30.3 Å². The van der Waals surface area contributed by atoms with Crippen molar-refractivity contribution in [2.75, 3.05) is 13.1 Å². The molecule has 1 aliphatic heterocycles. The standard InChI is InChI=1S/C23H26N4O2/c28-23-15-22(29-18-21-5-1-2-11-24-21)16-25-27(23)14-10-19-6-8-20(9-7-19)17-26-12-3-4-13-26/h1-2,5-9,11,15-16H,3-4,10,12-14,17-18H2. The van der Waals surface area contributed by atoms with Crippen molar-refractivity contribution in [3.63, 3.8) is 0 Å². The van der Waals surface area contributed by atoms with Crippen LogP contribution in [0.4, 0.5) is 0 Å². The van der Waals surface area contributed by atoms with Crippen LogP contribution in [0.3, 0.4) is 0 Å². The van der Waals surface area contributed by atoms with Crippen LogP contribution in [-0.2, 0) is 26.1 Å². The van der Waals surface area contributed by atoms with E-state index in [9.17, 15) is 4.79 Å². The van der Waals surface area contributed by atoms with E-state index < -0.39 is 0 Å². The minimum atomic E-state index is -0.158. The first-order chi connectivity index (χ1) is 14.3. The number of pyridine rings is 1. The van der Waals surface area contributed by atoms with Crippen molar-refractivity contribution >= 4 is 0 Å². The minimum absolute atomic E-state index is 0.158. The summed E-state index contributed by atoms with van der Waals surface area (Å²) in [5.74, 6) is 0.461. The van der Waals surface area contributed by atoms with Gasteiger partial charge in [0.15, 0.2) is 0 Å². The Balaban J connectivity index is 1.29. The van der Waals surface area contributed by atoms with Crippen LogP contribution in [0.15, 0.2) is 65.7 Å². The lowest BCUT2D eigenvalue weighted by molar-refractivity contribution is 0.297. The van der Waals surface area contributed by atoms with Gasteiger partial charge in [0.05, 0.1) is 11.9 Å². The maximum atomic E-state index is 12.3. The predicted molar refractivity (Wildman–Crippen MR) is 112 cm³/mol. The summed E-state index contributed by atoms with van der Waals surface area (Å²) in [5.41, 5.74) is 3.21. The highest BCUT2D eigenvalue weighted by atomic mass is 16.5. The molecule has 0 atom stereocenters. The summed E-state index contributed by atoms with van der Waals surface area (Å²) in [6.07, 6.45) is 6.70. The molecule has 0 N–H and O–H groups in total. The van der Waals surface area contributed by atoms with Crippen molar-refractivity contribution in [1.29, 1.82) is 0 Å². The van der Waals surface area contributed by atoms with E-state index in [2.05, 4.69) is 39.2 Å². The van der Waals surface area contributed by atoms with Gasteiger partial charge in [-0.05, 0) is 55.6 Å². The molecule has 0 aliphatic carbocycles.